The topological polar surface area (TPSA) is 64.7 Å². The Morgan fingerprint density at radius 3 is 2.19 bits per heavy atom. The van der Waals surface area contributed by atoms with Crippen LogP contribution in [0.3, 0.4) is 0 Å². The Balaban J connectivity index is 1.21. The van der Waals surface area contributed by atoms with E-state index in [-0.39, 0.29) is 17.9 Å². The lowest BCUT2D eigenvalue weighted by atomic mass is 9.73. The maximum Gasteiger partial charge on any atom is 0.275 e. The zero-order chi connectivity index (χ0) is 29.9. The molecule has 0 spiro atoms. The molecule has 0 saturated carbocycles. The van der Waals surface area contributed by atoms with Crippen LogP contribution < -0.4 is 15.5 Å². The largest absolute Gasteiger partial charge is 0.378 e. The Morgan fingerprint density at radius 2 is 1.60 bits per heavy atom. The van der Waals surface area contributed by atoms with Gasteiger partial charge in [-0.3, -0.25) is 9.59 Å². The molecule has 2 N–H and O–H groups in total. The number of hydrogen-bond donors (Lipinski definition) is 2. The minimum Gasteiger partial charge on any atom is -0.378 e. The Kier molecular flexibility index (Phi) is 8.95. The second kappa shape index (κ2) is 12.5. The predicted molar refractivity (Wildman–Crippen MR) is 167 cm³/mol. The van der Waals surface area contributed by atoms with Gasteiger partial charge in [-0.25, -0.2) is 8.78 Å². The van der Waals surface area contributed by atoms with Crippen LogP contribution in [0.1, 0.15) is 47.2 Å². The van der Waals surface area contributed by atoms with Gasteiger partial charge in [-0.15, -0.1) is 0 Å². The van der Waals surface area contributed by atoms with Crippen LogP contribution in [-0.2, 0) is 10.2 Å². The molecule has 2 atom stereocenters. The van der Waals surface area contributed by atoms with Crippen molar-refractivity contribution in [2.45, 2.75) is 42.8 Å². The van der Waals surface area contributed by atoms with Gasteiger partial charge in [0.15, 0.2) is 0 Å². The van der Waals surface area contributed by atoms with Gasteiger partial charge in [0, 0.05) is 44.5 Å². The first-order chi connectivity index (χ1) is 20.1. The maximum absolute atomic E-state index is 13.8. The van der Waals surface area contributed by atoms with Crippen LogP contribution in [0.15, 0.2) is 72.8 Å². The summed E-state index contributed by atoms with van der Waals surface area (Å²) in [7, 11) is 5.44. The van der Waals surface area contributed by atoms with Crippen LogP contribution in [0, 0.1) is 0 Å². The van der Waals surface area contributed by atoms with E-state index in [9.17, 15) is 18.4 Å². The molecular weight excluding hydrogens is 553 g/mol. The minimum atomic E-state index is -3.08. The Labute approximate surface area is 249 Å². The molecule has 2 aliphatic rings. The van der Waals surface area contributed by atoms with E-state index in [4.69, 9.17) is 0 Å². The summed E-state index contributed by atoms with van der Waals surface area (Å²) < 4.78 is 27.5. The Hall–Kier alpha value is -3.35. The maximum atomic E-state index is 13.8. The molecule has 1 saturated heterocycles. The van der Waals surface area contributed by atoms with Crippen LogP contribution in [-0.4, -0.2) is 68.7 Å². The smallest absolute Gasteiger partial charge is 0.275 e. The van der Waals surface area contributed by atoms with E-state index in [1.807, 2.05) is 91.8 Å². The normalized spacial score (nSPS) is 17.4. The highest BCUT2D eigenvalue weighted by Crippen LogP contribution is 2.51. The van der Waals surface area contributed by atoms with Crippen molar-refractivity contribution in [1.29, 1.82) is 0 Å². The van der Waals surface area contributed by atoms with Crippen molar-refractivity contribution >= 4 is 26.7 Å². The molecule has 1 fully saturated rings. The van der Waals surface area contributed by atoms with Crippen molar-refractivity contribution in [2.75, 3.05) is 45.2 Å². The van der Waals surface area contributed by atoms with Gasteiger partial charge in [0.05, 0.1) is 6.54 Å². The summed E-state index contributed by atoms with van der Waals surface area (Å²) in [6.45, 7) is 1.78. The van der Waals surface area contributed by atoms with E-state index in [0.29, 0.717) is 12.0 Å². The number of rotatable bonds is 11. The van der Waals surface area contributed by atoms with Crippen molar-refractivity contribution < 1.29 is 18.4 Å². The van der Waals surface area contributed by atoms with Gasteiger partial charge in [-0.1, -0.05) is 64.2 Å². The molecule has 5 rings (SSSR count). The lowest BCUT2D eigenvalue weighted by molar-refractivity contribution is -0.126. The molecule has 1 aliphatic carbocycles. The number of fused-ring (bicyclic) bond motifs is 3. The fraction of sp³-hybridized carbons (Fsp3) is 0.394. The van der Waals surface area contributed by atoms with Crippen molar-refractivity contribution in [1.82, 2.24) is 15.5 Å². The molecule has 0 bridgehead atoms. The van der Waals surface area contributed by atoms with Gasteiger partial charge >= 0.3 is 0 Å². The quantitative estimate of drug-likeness (QED) is 0.235. The molecule has 6 nitrogen and oxygen atoms in total. The number of nitrogens with zero attached hydrogens (tertiary/aromatic N) is 2. The average Bonchev–Trinajstić information content (AvgIpc) is 3.54. The molecule has 3 aromatic rings. The van der Waals surface area contributed by atoms with E-state index >= 15 is 0 Å². The molecule has 2 unspecified atom stereocenters. The summed E-state index contributed by atoms with van der Waals surface area (Å²) in [6.07, 6.45) is 3.01. The highest BCUT2D eigenvalue weighted by atomic mass is 31.0. The molecule has 42 heavy (non-hydrogen) atoms. The van der Waals surface area contributed by atoms with E-state index in [2.05, 4.69) is 15.5 Å². The number of unbranched alkanes of at least 4 members (excludes halogenated alkanes) is 1. The first-order valence-corrected chi connectivity index (χ1v) is 15.1. The Morgan fingerprint density at radius 1 is 0.976 bits per heavy atom. The number of carbonyl (C=O) groups is 2. The first-order valence-electron chi connectivity index (χ1n) is 14.5. The predicted octanol–water partition coefficient (Wildman–Crippen LogP) is 5.28. The molecular formula is C33H39F2N4O2P. The van der Waals surface area contributed by atoms with Crippen molar-refractivity contribution in [2.24, 2.45) is 0 Å². The number of carbonyl (C=O) groups excluding carboxylic acids is 2. The van der Waals surface area contributed by atoms with Crippen LogP contribution in [0.25, 0.3) is 11.1 Å². The van der Waals surface area contributed by atoms with E-state index in [0.717, 1.165) is 66.8 Å². The third kappa shape index (κ3) is 6.35. The molecule has 2 amide bonds. The lowest BCUT2D eigenvalue weighted by Gasteiger charge is -2.31. The van der Waals surface area contributed by atoms with Crippen molar-refractivity contribution in [3.63, 3.8) is 0 Å². The van der Waals surface area contributed by atoms with Gasteiger partial charge in [0.2, 0.25) is 5.91 Å². The van der Waals surface area contributed by atoms with Crippen LogP contribution in [0.4, 0.5) is 14.5 Å². The summed E-state index contributed by atoms with van der Waals surface area (Å²) in [4.78, 5) is 30.9. The standard InChI is InChI=1S/C33H39F2N4O2P/c1-38(2)25-15-13-23(14-16-25)30(40)37-24-17-20-39(21-24)19-8-7-18-32(31(41)36-22-33(34,35)42)28-11-5-3-9-26(28)27-10-4-6-12-29(27)32/h3-6,9-16,24H,7-8,17-22,42H2,1-2H3,(H,36,41)(H,37,40). The molecule has 0 aromatic heterocycles. The van der Waals surface area contributed by atoms with Gasteiger partial charge in [-0.05, 0) is 72.3 Å². The summed E-state index contributed by atoms with van der Waals surface area (Å²) in [5, 5.41) is 5.72. The van der Waals surface area contributed by atoms with Gasteiger partial charge in [0.1, 0.15) is 5.41 Å². The number of nitrogens with one attached hydrogen (secondary N) is 2. The molecule has 1 heterocycles. The van der Waals surface area contributed by atoms with E-state index in [1.54, 1.807) is 0 Å². The number of anilines is 1. The third-order valence-corrected chi connectivity index (χ3v) is 8.67. The second-order valence-electron chi connectivity index (χ2n) is 11.6. The number of hydrogen-bond acceptors (Lipinski definition) is 4. The van der Waals surface area contributed by atoms with Crippen molar-refractivity contribution in [3.8, 4) is 11.1 Å². The average molecular weight is 593 g/mol. The van der Waals surface area contributed by atoms with Gasteiger partial charge in [-0.2, -0.15) is 0 Å². The molecule has 3 aromatic carbocycles. The zero-order valence-electron chi connectivity index (χ0n) is 24.2. The molecule has 222 valence electrons. The fourth-order valence-corrected chi connectivity index (χ4v) is 6.46. The van der Waals surface area contributed by atoms with Crippen LogP contribution in [0.5, 0.6) is 0 Å². The lowest BCUT2D eigenvalue weighted by Crippen LogP contribution is -2.47. The summed E-state index contributed by atoms with van der Waals surface area (Å²) in [6, 6.07) is 23.3. The molecule has 9 heteroatoms. The van der Waals surface area contributed by atoms with E-state index < -0.39 is 17.6 Å². The zero-order valence-corrected chi connectivity index (χ0v) is 25.4. The number of alkyl halides is 2. The minimum absolute atomic E-state index is 0.0604. The highest BCUT2D eigenvalue weighted by Gasteiger charge is 2.48. The van der Waals surface area contributed by atoms with Crippen LogP contribution >= 0.6 is 9.24 Å². The van der Waals surface area contributed by atoms with Gasteiger partial charge < -0.3 is 20.4 Å². The summed E-state index contributed by atoms with van der Waals surface area (Å²) in [5.74, 6) is -0.445. The highest BCUT2D eigenvalue weighted by molar-refractivity contribution is 7.18. The monoisotopic (exact) mass is 592 g/mol. The number of amides is 2. The molecule has 0 radical (unpaired) electrons. The second-order valence-corrected chi connectivity index (χ2v) is 12.4. The third-order valence-electron chi connectivity index (χ3n) is 8.47. The van der Waals surface area contributed by atoms with Gasteiger partial charge in [0.25, 0.3) is 11.6 Å². The Bertz CT molecular complexity index is 1380. The molecule has 1 aliphatic heterocycles. The van der Waals surface area contributed by atoms with Crippen molar-refractivity contribution in [3.05, 3.63) is 89.5 Å². The SMILES string of the molecule is CN(C)c1ccc(C(=O)NC2CCN(CCCCC3(C(=O)NCC(F)(F)P)c4ccccc4-c4ccccc43)C2)cc1. The number of likely N-dealkylation sites (tertiary alicyclic amines) is 1. The fourth-order valence-electron chi connectivity index (χ4n) is 6.36. The summed E-state index contributed by atoms with van der Waals surface area (Å²) in [5.41, 5.74) is 1.31. The number of halogens is 2. The first kappa shape index (κ1) is 30.1. The number of benzene rings is 3. The van der Waals surface area contributed by atoms with E-state index in [1.165, 1.54) is 9.24 Å². The van der Waals surface area contributed by atoms with Crippen LogP contribution in [0.2, 0.25) is 0 Å². The summed E-state index contributed by atoms with van der Waals surface area (Å²) >= 11 is 0.